The number of alkyl halides is 1. The smallest absolute Gasteiger partial charge is 0.126 e. The Morgan fingerprint density at radius 2 is 1.86 bits per heavy atom. The summed E-state index contributed by atoms with van der Waals surface area (Å²) in [5, 5.41) is 1.36. The van der Waals surface area contributed by atoms with Crippen LogP contribution in [0.25, 0.3) is 0 Å². The van der Waals surface area contributed by atoms with Gasteiger partial charge in [-0.15, -0.1) is 0 Å². The van der Waals surface area contributed by atoms with E-state index >= 15 is 0 Å². The van der Waals surface area contributed by atoms with E-state index in [1.54, 1.807) is 19.2 Å². The molecule has 0 amide bonds. The molecule has 0 aliphatic heterocycles. The van der Waals surface area contributed by atoms with E-state index in [0.29, 0.717) is 17.0 Å². The molecule has 0 N–H and O–H groups in total. The van der Waals surface area contributed by atoms with Crippen LogP contribution in [0.15, 0.2) is 42.5 Å². The molecule has 0 bridgehead atoms. The van der Waals surface area contributed by atoms with Crippen molar-refractivity contribution >= 4 is 27.5 Å². The lowest BCUT2D eigenvalue weighted by atomic mass is 9.93. The summed E-state index contributed by atoms with van der Waals surface area (Å²) in [5.41, 5.74) is 1.79. The fourth-order valence-electron chi connectivity index (χ4n) is 2.37. The fourth-order valence-corrected chi connectivity index (χ4v) is 3.03. The van der Waals surface area contributed by atoms with Gasteiger partial charge in [0.15, 0.2) is 0 Å². The van der Waals surface area contributed by atoms with Crippen molar-refractivity contribution < 1.29 is 9.13 Å². The molecular formula is C17H17BrClFO. The predicted molar refractivity (Wildman–Crippen MR) is 89.1 cm³/mol. The largest absolute Gasteiger partial charge is 0.496 e. The molecular weight excluding hydrogens is 355 g/mol. The lowest BCUT2D eigenvalue weighted by molar-refractivity contribution is 0.405. The van der Waals surface area contributed by atoms with Crippen LogP contribution in [0.3, 0.4) is 0 Å². The first-order chi connectivity index (χ1) is 10.1. The summed E-state index contributed by atoms with van der Waals surface area (Å²) in [6, 6.07) is 12.6. The highest BCUT2D eigenvalue weighted by Crippen LogP contribution is 2.25. The quantitative estimate of drug-likeness (QED) is 0.627. The van der Waals surface area contributed by atoms with Gasteiger partial charge in [-0.3, -0.25) is 0 Å². The van der Waals surface area contributed by atoms with E-state index in [1.165, 1.54) is 6.07 Å². The molecule has 1 unspecified atom stereocenters. The molecule has 0 aromatic heterocycles. The summed E-state index contributed by atoms with van der Waals surface area (Å²) in [6.45, 7) is 0. The van der Waals surface area contributed by atoms with E-state index in [-0.39, 0.29) is 11.7 Å². The lowest BCUT2D eigenvalue weighted by Gasteiger charge is -2.17. The van der Waals surface area contributed by atoms with Gasteiger partial charge in [0.1, 0.15) is 11.6 Å². The molecule has 0 radical (unpaired) electrons. The predicted octanol–water partition coefficient (Wildman–Crippen LogP) is 5.28. The van der Waals surface area contributed by atoms with Gasteiger partial charge in [-0.1, -0.05) is 45.7 Å². The Kier molecular flexibility index (Phi) is 6.07. The second kappa shape index (κ2) is 7.81. The van der Waals surface area contributed by atoms with Crippen molar-refractivity contribution in [3.63, 3.8) is 0 Å². The van der Waals surface area contributed by atoms with Crippen LogP contribution in [0.5, 0.6) is 5.75 Å². The van der Waals surface area contributed by atoms with Crippen molar-refractivity contribution in [3.8, 4) is 5.75 Å². The summed E-state index contributed by atoms with van der Waals surface area (Å²) in [5.74, 6) is 0.939. The molecule has 1 atom stereocenters. The summed E-state index contributed by atoms with van der Waals surface area (Å²) >= 11 is 9.48. The first-order valence-corrected chi connectivity index (χ1v) is 8.25. The Morgan fingerprint density at radius 1 is 1.14 bits per heavy atom. The molecule has 21 heavy (non-hydrogen) atoms. The minimum absolute atomic E-state index is 0.203. The van der Waals surface area contributed by atoms with Gasteiger partial charge in [0, 0.05) is 10.4 Å². The van der Waals surface area contributed by atoms with E-state index in [0.717, 1.165) is 23.1 Å². The average molecular weight is 372 g/mol. The first kappa shape index (κ1) is 16.3. The Balaban J connectivity index is 2.15. The van der Waals surface area contributed by atoms with Crippen molar-refractivity contribution in [2.24, 2.45) is 5.92 Å². The SMILES string of the molecule is COc1ccccc1CC(CBr)Cc1cc(Cl)ccc1F. The van der Waals surface area contributed by atoms with Crippen LogP contribution < -0.4 is 4.74 Å². The van der Waals surface area contributed by atoms with E-state index in [2.05, 4.69) is 15.9 Å². The van der Waals surface area contributed by atoms with Crippen molar-refractivity contribution in [2.45, 2.75) is 12.8 Å². The zero-order valence-corrected chi connectivity index (χ0v) is 14.1. The van der Waals surface area contributed by atoms with Crippen LogP contribution in [0.4, 0.5) is 4.39 Å². The van der Waals surface area contributed by atoms with Gasteiger partial charge in [-0.25, -0.2) is 4.39 Å². The Bertz CT molecular complexity index is 603. The monoisotopic (exact) mass is 370 g/mol. The summed E-state index contributed by atoms with van der Waals surface area (Å²) in [7, 11) is 1.67. The molecule has 0 saturated heterocycles. The minimum atomic E-state index is -0.203. The van der Waals surface area contributed by atoms with Crippen molar-refractivity contribution in [2.75, 3.05) is 12.4 Å². The van der Waals surface area contributed by atoms with Crippen LogP contribution in [-0.4, -0.2) is 12.4 Å². The summed E-state index contributed by atoms with van der Waals surface area (Å²) in [6.07, 6.45) is 1.46. The van der Waals surface area contributed by atoms with Crippen molar-refractivity contribution in [3.05, 3.63) is 64.4 Å². The number of benzene rings is 2. The lowest BCUT2D eigenvalue weighted by Crippen LogP contribution is -2.11. The van der Waals surface area contributed by atoms with Gasteiger partial charge in [-0.2, -0.15) is 0 Å². The number of ether oxygens (including phenoxy) is 1. The molecule has 0 spiro atoms. The summed E-state index contributed by atoms with van der Waals surface area (Å²) < 4.78 is 19.2. The molecule has 0 heterocycles. The number of rotatable bonds is 6. The molecule has 0 saturated carbocycles. The molecule has 2 aromatic rings. The molecule has 0 aliphatic carbocycles. The molecule has 4 heteroatoms. The van der Waals surface area contributed by atoms with E-state index in [9.17, 15) is 4.39 Å². The third kappa shape index (κ3) is 4.45. The van der Waals surface area contributed by atoms with Crippen LogP contribution in [-0.2, 0) is 12.8 Å². The van der Waals surface area contributed by atoms with Gasteiger partial charge >= 0.3 is 0 Å². The number of halogens is 3. The van der Waals surface area contributed by atoms with Gasteiger partial charge in [0.05, 0.1) is 7.11 Å². The number of para-hydroxylation sites is 1. The van der Waals surface area contributed by atoms with Gasteiger partial charge < -0.3 is 4.74 Å². The Labute approximate surface area is 138 Å². The third-order valence-electron chi connectivity index (χ3n) is 3.44. The average Bonchev–Trinajstić information content (AvgIpc) is 2.50. The third-order valence-corrected chi connectivity index (χ3v) is 4.59. The fraction of sp³-hybridized carbons (Fsp3) is 0.294. The standard InChI is InChI=1S/C17H17BrClFO/c1-21-17-5-3-2-4-13(17)8-12(11-18)9-14-10-15(19)6-7-16(14)20/h2-7,10,12H,8-9,11H2,1H3. The molecule has 0 fully saturated rings. The highest BCUT2D eigenvalue weighted by Gasteiger charge is 2.15. The van der Waals surface area contributed by atoms with Gasteiger partial charge in [-0.05, 0) is 54.2 Å². The Hall–Kier alpha value is -1.06. The van der Waals surface area contributed by atoms with E-state index in [4.69, 9.17) is 16.3 Å². The first-order valence-electron chi connectivity index (χ1n) is 6.75. The van der Waals surface area contributed by atoms with Crippen LogP contribution in [0, 0.1) is 11.7 Å². The van der Waals surface area contributed by atoms with Crippen molar-refractivity contribution in [1.82, 2.24) is 0 Å². The molecule has 2 aromatic carbocycles. The zero-order valence-electron chi connectivity index (χ0n) is 11.8. The number of methoxy groups -OCH3 is 1. The molecule has 2 rings (SSSR count). The minimum Gasteiger partial charge on any atom is -0.496 e. The highest BCUT2D eigenvalue weighted by atomic mass is 79.9. The molecule has 0 aliphatic rings. The maximum atomic E-state index is 13.9. The van der Waals surface area contributed by atoms with E-state index < -0.39 is 0 Å². The topological polar surface area (TPSA) is 9.23 Å². The van der Waals surface area contributed by atoms with Crippen LogP contribution in [0.1, 0.15) is 11.1 Å². The maximum absolute atomic E-state index is 13.9. The summed E-state index contributed by atoms with van der Waals surface area (Å²) in [4.78, 5) is 0. The van der Waals surface area contributed by atoms with E-state index in [1.807, 2.05) is 24.3 Å². The van der Waals surface area contributed by atoms with Crippen LogP contribution >= 0.6 is 27.5 Å². The highest BCUT2D eigenvalue weighted by molar-refractivity contribution is 9.09. The molecule has 1 nitrogen and oxygen atoms in total. The van der Waals surface area contributed by atoms with Crippen molar-refractivity contribution in [1.29, 1.82) is 0 Å². The maximum Gasteiger partial charge on any atom is 0.126 e. The number of hydrogen-bond donors (Lipinski definition) is 0. The second-order valence-electron chi connectivity index (χ2n) is 4.98. The zero-order chi connectivity index (χ0) is 15.2. The van der Waals surface area contributed by atoms with Crippen LogP contribution in [0.2, 0.25) is 5.02 Å². The van der Waals surface area contributed by atoms with Gasteiger partial charge in [0.2, 0.25) is 0 Å². The number of hydrogen-bond acceptors (Lipinski definition) is 1. The normalized spacial score (nSPS) is 12.2. The Morgan fingerprint density at radius 3 is 2.57 bits per heavy atom. The van der Waals surface area contributed by atoms with Gasteiger partial charge in [0.25, 0.3) is 0 Å². The second-order valence-corrected chi connectivity index (χ2v) is 6.06. The molecule has 112 valence electrons.